The summed E-state index contributed by atoms with van der Waals surface area (Å²) in [6.07, 6.45) is 1.94. The number of hydrogen-bond donors (Lipinski definition) is 0. The fraction of sp³-hybridized carbons (Fsp3) is 0.0667. The second kappa shape index (κ2) is 12.0. The first-order valence-corrected chi connectivity index (χ1v) is 16.2. The number of hydrogen-bond acceptors (Lipinski definition) is 1. The van der Waals surface area contributed by atoms with Gasteiger partial charge in [-0.3, -0.25) is 0 Å². The van der Waals surface area contributed by atoms with E-state index in [9.17, 15) is 0 Å². The van der Waals surface area contributed by atoms with E-state index in [1.165, 1.54) is 78.3 Å². The molecule has 0 saturated heterocycles. The molecule has 7 aromatic rings. The summed E-state index contributed by atoms with van der Waals surface area (Å²) in [5.74, 6) is 0. The molecule has 1 aliphatic heterocycles. The van der Waals surface area contributed by atoms with Gasteiger partial charge in [-0.25, -0.2) is 0 Å². The van der Waals surface area contributed by atoms with E-state index in [2.05, 4.69) is 182 Å². The lowest BCUT2D eigenvalue weighted by atomic mass is 9.91. The Balaban J connectivity index is 1.44. The van der Waals surface area contributed by atoms with Crippen LogP contribution in [0.3, 0.4) is 0 Å². The number of nitrogens with zero attached hydrogens (tertiary/aromatic N) is 1. The zero-order chi connectivity index (χ0) is 30.9. The summed E-state index contributed by atoms with van der Waals surface area (Å²) >= 11 is 0. The summed E-state index contributed by atoms with van der Waals surface area (Å²) in [7, 11) is 0. The Morgan fingerprint density at radius 3 is 1.41 bits per heavy atom. The van der Waals surface area contributed by atoms with Crippen molar-refractivity contribution in [2.75, 3.05) is 4.90 Å². The van der Waals surface area contributed by atoms with Gasteiger partial charge in [-0.1, -0.05) is 140 Å². The third-order valence-electron chi connectivity index (χ3n) is 9.31. The quantitative estimate of drug-likeness (QED) is 0.198. The molecule has 0 spiro atoms. The third-order valence-corrected chi connectivity index (χ3v) is 9.31. The summed E-state index contributed by atoms with van der Waals surface area (Å²) in [6, 6.07) is 62.2. The Morgan fingerprint density at radius 1 is 0.348 bits per heavy atom. The van der Waals surface area contributed by atoms with Gasteiger partial charge in [0.05, 0.1) is 11.4 Å². The van der Waals surface area contributed by atoms with Gasteiger partial charge in [0.1, 0.15) is 0 Å². The van der Waals surface area contributed by atoms with Gasteiger partial charge in [0, 0.05) is 16.8 Å². The van der Waals surface area contributed by atoms with Gasteiger partial charge < -0.3 is 4.90 Å². The molecule has 0 aromatic heterocycles. The van der Waals surface area contributed by atoms with Crippen molar-refractivity contribution in [1.82, 2.24) is 0 Å². The zero-order valence-electron chi connectivity index (χ0n) is 26.0. The monoisotopic (exact) mass is 589 g/mol. The zero-order valence-corrected chi connectivity index (χ0v) is 26.0. The van der Waals surface area contributed by atoms with Crippen LogP contribution in [0.5, 0.6) is 0 Å². The number of anilines is 3. The summed E-state index contributed by atoms with van der Waals surface area (Å²) in [5, 5.41) is 0. The second-order valence-corrected chi connectivity index (χ2v) is 12.1. The summed E-state index contributed by atoms with van der Waals surface area (Å²) in [5.41, 5.74) is 17.5. The Hall–Kier alpha value is -5.66. The van der Waals surface area contributed by atoms with Crippen molar-refractivity contribution in [3.05, 3.63) is 187 Å². The van der Waals surface area contributed by atoms with Crippen LogP contribution >= 0.6 is 0 Å². The maximum atomic E-state index is 2.50. The Kier molecular flexibility index (Phi) is 7.28. The molecule has 1 heterocycles. The van der Waals surface area contributed by atoms with Crippen LogP contribution in [0.2, 0.25) is 0 Å². The number of fused-ring (bicyclic) bond motifs is 6. The molecular formula is C45H35N. The van der Waals surface area contributed by atoms with Crippen LogP contribution in [0.4, 0.5) is 17.1 Å². The molecule has 1 nitrogen and oxygen atoms in total. The highest BCUT2D eigenvalue weighted by atomic mass is 15.1. The molecule has 0 amide bonds. The maximum Gasteiger partial charge on any atom is 0.0540 e. The second-order valence-electron chi connectivity index (χ2n) is 12.1. The van der Waals surface area contributed by atoms with Crippen LogP contribution in [0.25, 0.3) is 44.5 Å². The molecule has 0 N–H and O–H groups in total. The van der Waals surface area contributed by atoms with Gasteiger partial charge >= 0.3 is 0 Å². The van der Waals surface area contributed by atoms with E-state index in [1.807, 2.05) is 0 Å². The lowest BCUT2D eigenvalue weighted by molar-refractivity contribution is 0.964. The molecular weight excluding hydrogens is 555 g/mol. The van der Waals surface area contributed by atoms with Crippen LogP contribution in [0.1, 0.15) is 16.7 Å². The van der Waals surface area contributed by atoms with Crippen LogP contribution in [0, 0.1) is 6.92 Å². The summed E-state index contributed by atoms with van der Waals surface area (Å²) in [6.45, 7) is 2.25. The average molecular weight is 590 g/mol. The van der Waals surface area contributed by atoms with E-state index in [-0.39, 0.29) is 0 Å². The third kappa shape index (κ3) is 5.10. The Labute approximate surface area is 272 Å². The lowest BCUT2D eigenvalue weighted by Crippen LogP contribution is -2.14. The highest BCUT2D eigenvalue weighted by Crippen LogP contribution is 2.48. The molecule has 0 radical (unpaired) electrons. The number of rotatable bonds is 3. The van der Waals surface area contributed by atoms with E-state index < -0.39 is 0 Å². The van der Waals surface area contributed by atoms with Crippen molar-refractivity contribution < 1.29 is 0 Å². The first-order valence-electron chi connectivity index (χ1n) is 16.2. The molecule has 0 unspecified atom stereocenters. The number of para-hydroxylation sites is 1. The minimum Gasteiger partial charge on any atom is -0.309 e. The van der Waals surface area contributed by atoms with Gasteiger partial charge in [0.15, 0.2) is 0 Å². The lowest BCUT2D eigenvalue weighted by Gasteiger charge is -2.32. The highest BCUT2D eigenvalue weighted by Gasteiger charge is 2.25. The van der Waals surface area contributed by atoms with E-state index in [0.717, 1.165) is 12.8 Å². The van der Waals surface area contributed by atoms with Crippen molar-refractivity contribution in [1.29, 1.82) is 0 Å². The van der Waals surface area contributed by atoms with Gasteiger partial charge in [-0.05, 0) is 100 Å². The van der Waals surface area contributed by atoms with Crippen molar-refractivity contribution >= 4 is 17.1 Å². The normalized spacial score (nSPS) is 12.2. The topological polar surface area (TPSA) is 3.24 Å². The highest BCUT2D eigenvalue weighted by molar-refractivity contribution is 5.96. The van der Waals surface area contributed by atoms with Gasteiger partial charge in [0.2, 0.25) is 0 Å². The summed E-state index contributed by atoms with van der Waals surface area (Å²) in [4.78, 5) is 2.50. The molecule has 0 fully saturated rings. The minimum atomic E-state index is 0.967. The predicted molar refractivity (Wildman–Crippen MR) is 195 cm³/mol. The molecule has 46 heavy (non-hydrogen) atoms. The van der Waals surface area contributed by atoms with Gasteiger partial charge in [-0.2, -0.15) is 0 Å². The fourth-order valence-electron chi connectivity index (χ4n) is 7.03. The van der Waals surface area contributed by atoms with E-state index >= 15 is 0 Å². The van der Waals surface area contributed by atoms with Crippen molar-refractivity contribution in [3.8, 4) is 44.5 Å². The van der Waals surface area contributed by atoms with Crippen LogP contribution in [0.15, 0.2) is 170 Å². The van der Waals surface area contributed by atoms with Crippen molar-refractivity contribution in [2.45, 2.75) is 19.8 Å². The van der Waals surface area contributed by atoms with Crippen molar-refractivity contribution in [2.24, 2.45) is 0 Å². The Morgan fingerprint density at radius 2 is 0.804 bits per heavy atom. The van der Waals surface area contributed by atoms with Crippen LogP contribution in [-0.2, 0) is 12.8 Å². The minimum absolute atomic E-state index is 0.967. The van der Waals surface area contributed by atoms with Gasteiger partial charge in [0.25, 0.3) is 0 Å². The molecule has 220 valence electrons. The van der Waals surface area contributed by atoms with E-state index in [0.29, 0.717) is 0 Å². The maximum absolute atomic E-state index is 2.50. The van der Waals surface area contributed by atoms with E-state index in [1.54, 1.807) is 0 Å². The average Bonchev–Trinajstić information content (AvgIpc) is 3.14. The first kappa shape index (κ1) is 27.9. The molecule has 0 bridgehead atoms. The standard InChI is InChI=1S/C45H35N/c1-32-30-37(33-14-4-2-5-15-33)26-28-43(32)46-44-23-13-12-22-41(44)39-20-10-8-18-35(39)24-25-36-19-9-11-21-40(36)42-31-38(27-29-45(42)46)34-16-6-3-7-17-34/h2-23,26-31H,24-25H2,1H3. The summed E-state index contributed by atoms with van der Waals surface area (Å²) < 4.78 is 0. The fourth-order valence-corrected chi connectivity index (χ4v) is 7.03. The molecule has 8 rings (SSSR count). The Bertz CT molecular complexity index is 2160. The predicted octanol–water partition coefficient (Wildman–Crippen LogP) is 12.2. The van der Waals surface area contributed by atoms with Crippen LogP contribution < -0.4 is 4.90 Å². The van der Waals surface area contributed by atoms with Crippen LogP contribution in [-0.4, -0.2) is 0 Å². The van der Waals surface area contributed by atoms with Gasteiger partial charge in [-0.15, -0.1) is 0 Å². The molecule has 7 aromatic carbocycles. The molecule has 0 atom stereocenters. The van der Waals surface area contributed by atoms with Crippen molar-refractivity contribution in [3.63, 3.8) is 0 Å². The number of benzene rings is 7. The van der Waals surface area contributed by atoms with E-state index in [4.69, 9.17) is 0 Å². The number of aryl methyl sites for hydroxylation is 3. The first-order chi connectivity index (χ1) is 22.7. The molecule has 0 aliphatic carbocycles. The SMILES string of the molecule is Cc1cc(-c2ccccc2)ccc1N1c2ccccc2-c2ccccc2CCc2ccccc2-c2cc(-c3ccccc3)ccc21. The smallest absolute Gasteiger partial charge is 0.0540 e. The largest absolute Gasteiger partial charge is 0.309 e. The molecule has 0 saturated carbocycles. The molecule has 1 heteroatoms. The molecule has 1 aliphatic rings.